The second-order valence-corrected chi connectivity index (χ2v) is 6.53. The molecule has 1 aromatic carbocycles. The van der Waals surface area contributed by atoms with Crippen molar-refractivity contribution in [2.75, 3.05) is 25.1 Å². The lowest BCUT2D eigenvalue weighted by Crippen LogP contribution is -2.31. The normalized spacial score (nSPS) is 16.6. The van der Waals surface area contributed by atoms with Gasteiger partial charge in [-0.3, -0.25) is 4.79 Å². The van der Waals surface area contributed by atoms with Crippen molar-refractivity contribution in [1.29, 1.82) is 0 Å². The Morgan fingerprint density at radius 3 is 2.69 bits per heavy atom. The highest BCUT2D eigenvalue weighted by Crippen LogP contribution is 2.43. The summed E-state index contributed by atoms with van der Waals surface area (Å²) in [6.07, 6.45) is 5.97. The Bertz CT molecular complexity index is 765. The zero-order valence-electron chi connectivity index (χ0n) is 14.5. The summed E-state index contributed by atoms with van der Waals surface area (Å²) < 4.78 is 11.2. The number of anilines is 1. The van der Waals surface area contributed by atoms with E-state index in [4.69, 9.17) is 9.47 Å². The monoisotopic (exact) mass is 354 g/mol. The maximum Gasteiger partial charge on any atom is 0.222 e. The van der Waals surface area contributed by atoms with E-state index in [0.29, 0.717) is 38.0 Å². The van der Waals surface area contributed by atoms with E-state index >= 15 is 0 Å². The third-order valence-electron chi connectivity index (χ3n) is 4.54. The number of ether oxygens (including phenoxy) is 2. The molecule has 0 unspecified atom stereocenters. The molecule has 0 radical (unpaired) electrons. The van der Waals surface area contributed by atoms with E-state index in [9.17, 15) is 4.79 Å². The van der Waals surface area contributed by atoms with Gasteiger partial charge in [-0.2, -0.15) is 0 Å². The van der Waals surface area contributed by atoms with Crippen LogP contribution in [0.1, 0.15) is 30.9 Å². The summed E-state index contributed by atoms with van der Waals surface area (Å²) >= 11 is 0. The van der Waals surface area contributed by atoms with Crippen LogP contribution >= 0.6 is 0 Å². The number of benzene rings is 1. The smallest absolute Gasteiger partial charge is 0.222 e. The zero-order chi connectivity index (χ0) is 17.8. The van der Waals surface area contributed by atoms with Crippen LogP contribution in [-0.2, 0) is 4.79 Å². The third kappa shape index (κ3) is 4.04. The Morgan fingerprint density at radius 2 is 1.92 bits per heavy atom. The Hall–Kier alpha value is -2.83. The predicted octanol–water partition coefficient (Wildman–Crippen LogP) is 2.32. The molecule has 0 spiro atoms. The summed E-state index contributed by atoms with van der Waals surface area (Å²) in [5.74, 6) is 2.57. The van der Waals surface area contributed by atoms with Gasteiger partial charge in [-0.25, -0.2) is 9.97 Å². The van der Waals surface area contributed by atoms with Gasteiger partial charge in [0.15, 0.2) is 11.5 Å². The Labute approximate surface area is 152 Å². The molecule has 2 heterocycles. The number of carbonyl (C=O) groups excluding carboxylic acids is 1. The molecule has 1 amide bonds. The number of amides is 1. The first-order chi connectivity index (χ1) is 12.8. The quantitative estimate of drug-likeness (QED) is 0.794. The predicted molar refractivity (Wildman–Crippen MR) is 96.2 cm³/mol. The average molecular weight is 354 g/mol. The number of carbonyl (C=O) groups is 1. The molecule has 2 aliphatic rings. The average Bonchev–Trinajstić information content (AvgIpc) is 3.52. The van der Waals surface area contributed by atoms with Gasteiger partial charge in [-0.05, 0) is 42.5 Å². The molecule has 1 atom stereocenters. The van der Waals surface area contributed by atoms with Crippen molar-refractivity contribution in [3.8, 4) is 11.5 Å². The highest BCUT2D eigenvalue weighted by atomic mass is 16.6. The molecule has 1 saturated carbocycles. The summed E-state index contributed by atoms with van der Waals surface area (Å²) in [5.41, 5.74) is 1.07. The summed E-state index contributed by atoms with van der Waals surface area (Å²) in [7, 11) is 0. The lowest BCUT2D eigenvalue weighted by molar-refractivity contribution is -0.121. The topological polar surface area (TPSA) is 85.4 Å². The van der Waals surface area contributed by atoms with Crippen LogP contribution in [-0.4, -0.2) is 35.6 Å². The van der Waals surface area contributed by atoms with Crippen molar-refractivity contribution in [1.82, 2.24) is 15.3 Å². The first-order valence-corrected chi connectivity index (χ1v) is 8.99. The molecule has 4 rings (SSSR count). The fourth-order valence-corrected chi connectivity index (χ4v) is 3.08. The van der Waals surface area contributed by atoms with Gasteiger partial charge in [-0.15, -0.1) is 0 Å². The first-order valence-electron chi connectivity index (χ1n) is 8.99. The van der Waals surface area contributed by atoms with Crippen molar-refractivity contribution in [3.63, 3.8) is 0 Å². The fraction of sp³-hybridized carbons (Fsp3) is 0.421. The minimum atomic E-state index is 0.0141. The number of aromatic nitrogens is 2. The SMILES string of the molecule is O=C(CCNc1ncccn1)N[C@@H](c1ccc2c(c1)OCCO2)C1CC1. The van der Waals surface area contributed by atoms with Crippen molar-refractivity contribution >= 4 is 11.9 Å². The van der Waals surface area contributed by atoms with Gasteiger partial charge >= 0.3 is 0 Å². The lowest BCUT2D eigenvalue weighted by Gasteiger charge is -2.23. The Morgan fingerprint density at radius 1 is 1.15 bits per heavy atom. The standard InChI is InChI=1S/C19H22N4O3/c24-17(6-9-22-19-20-7-1-8-21-19)23-18(13-2-3-13)14-4-5-15-16(12-14)26-11-10-25-15/h1,4-5,7-8,12-13,18H,2-3,6,9-11H2,(H,23,24)(H,20,21,22)/t18-/m1/s1. The molecule has 1 aliphatic heterocycles. The molecule has 7 nitrogen and oxygen atoms in total. The number of rotatable bonds is 7. The second kappa shape index (κ2) is 7.59. The highest BCUT2D eigenvalue weighted by molar-refractivity contribution is 5.77. The van der Waals surface area contributed by atoms with E-state index in [1.165, 1.54) is 0 Å². The second-order valence-electron chi connectivity index (χ2n) is 6.53. The molecule has 136 valence electrons. The van der Waals surface area contributed by atoms with Crippen LogP contribution < -0.4 is 20.1 Å². The van der Waals surface area contributed by atoms with E-state index < -0.39 is 0 Å². The molecule has 1 aromatic heterocycles. The molecular weight excluding hydrogens is 332 g/mol. The highest BCUT2D eigenvalue weighted by Gasteiger charge is 2.34. The number of hydrogen-bond donors (Lipinski definition) is 2. The molecular formula is C19H22N4O3. The van der Waals surface area contributed by atoms with E-state index in [-0.39, 0.29) is 11.9 Å². The van der Waals surface area contributed by atoms with Crippen molar-refractivity contribution < 1.29 is 14.3 Å². The van der Waals surface area contributed by atoms with Gasteiger partial charge in [0, 0.05) is 25.4 Å². The molecule has 0 saturated heterocycles. The maximum atomic E-state index is 12.4. The fourth-order valence-electron chi connectivity index (χ4n) is 3.08. The van der Waals surface area contributed by atoms with E-state index in [1.807, 2.05) is 18.2 Å². The molecule has 0 bridgehead atoms. The van der Waals surface area contributed by atoms with Crippen molar-refractivity contribution in [2.24, 2.45) is 5.92 Å². The number of nitrogens with one attached hydrogen (secondary N) is 2. The van der Waals surface area contributed by atoms with Crippen molar-refractivity contribution in [2.45, 2.75) is 25.3 Å². The van der Waals surface area contributed by atoms with Gasteiger partial charge in [-0.1, -0.05) is 6.07 Å². The van der Waals surface area contributed by atoms with Gasteiger partial charge in [0.25, 0.3) is 0 Å². The zero-order valence-corrected chi connectivity index (χ0v) is 14.5. The van der Waals surface area contributed by atoms with Crippen LogP contribution in [0.2, 0.25) is 0 Å². The summed E-state index contributed by atoms with van der Waals surface area (Å²) in [4.78, 5) is 20.6. The number of nitrogens with zero attached hydrogens (tertiary/aromatic N) is 2. The molecule has 2 aromatic rings. The van der Waals surface area contributed by atoms with Crippen LogP contribution in [0.25, 0.3) is 0 Å². The van der Waals surface area contributed by atoms with Crippen LogP contribution in [0.15, 0.2) is 36.7 Å². The van der Waals surface area contributed by atoms with Crippen LogP contribution in [0.3, 0.4) is 0 Å². The van der Waals surface area contributed by atoms with Gasteiger partial charge in [0.2, 0.25) is 11.9 Å². The van der Waals surface area contributed by atoms with Crippen LogP contribution in [0.4, 0.5) is 5.95 Å². The number of fused-ring (bicyclic) bond motifs is 1. The number of hydrogen-bond acceptors (Lipinski definition) is 6. The molecule has 2 N–H and O–H groups in total. The molecule has 26 heavy (non-hydrogen) atoms. The minimum Gasteiger partial charge on any atom is -0.486 e. The summed E-state index contributed by atoms with van der Waals surface area (Å²) in [5, 5.41) is 6.23. The van der Waals surface area contributed by atoms with Crippen molar-refractivity contribution in [3.05, 3.63) is 42.2 Å². The summed E-state index contributed by atoms with van der Waals surface area (Å²) in [6.45, 7) is 1.63. The van der Waals surface area contributed by atoms with Gasteiger partial charge in [0.05, 0.1) is 6.04 Å². The molecule has 7 heteroatoms. The Balaban J connectivity index is 1.35. The van der Waals surface area contributed by atoms with E-state index in [0.717, 1.165) is 29.9 Å². The van der Waals surface area contributed by atoms with Crippen LogP contribution in [0.5, 0.6) is 11.5 Å². The largest absolute Gasteiger partial charge is 0.486 e. The minimum absolute atomic E-state index is 0.0141. The van der Waals surface area contributed by atoms with E-state index in [2.05, 4.69) is 20.6 Å². The van der Waals surface area contributed by atoms with E-state index in [1.54, 1.807) is 18.5 Å². The van der Waals surface area contributed by atoms with Gasteiger partial charge < -0.3 is 20.1 Å². The molecule has 1 fully saturated rings. The molecule has 1 aliphatic carbocycles. The lowest BCUT2D eigenvalue weighted by atomic mass is 10.0. The third-order valence-corrected chi connectivity index (χ3v) is 4.54. The maximum absolute atomic E-state index is 12.4. The Kier molecular flexibility index (Phi) is 4.86. The summed E-state index contributed by atoms with van der Waals surface area (Å²) in [6, 6.07) is 7.72. The van der Waals surface area contributed by atoms with Crippen LogP contribution in [0, 0.1) is 5.92 Å². The first kappa shape index (κ1) is 16.6. The van der Waals surface area contributed by atoms with Gasteiger partial charge in [0.1, 0.15) is 13.2 Å².